The van der Waals surface area contributed by atoms with E-state index in [0.717, 1.165) is 14.6 Å². The summed E-state index contributed by atoms with van der Waals surface area (Å²) in [6.45, 7) is 2.22. The van der Waals surface area contributed by atoms with Crippen LogP contribution < -0.4 is 11.2 Å². The molecule has 9 heteroatoms. The fraction of sp³-hybridized carbons (Fsp3) is 0.333. The van der Waals surface area contributed by atoms with E-state index in [0.29, 0.717) is 29.3 Å². The number of ketones is 1. The van der Waals surface area contributed by atoms with Gasteiger partial charge in [0.2, 0.25) is 0 Å². The first-order chi connectivity index (χ1) is 12.8. The zero-order valence-corrected chi connectivity index (χ0v) is 17.6. The predicted molar refractivity (Wildman–Crippen MR) is 109 cm³/mol. The SMILES string of the molecule is CCC(=O)CSc1nc2c(c(=O)n(C)c(=O)n2C)n1Cc1cccc(Br)c1. The molecule has 0 aliphatic rings. The fourth-order valence-corrected chi connectivity index (χ4v) is 4.15. The normalized spacial score (nSPS) is 11.3. The van der Waals surface area contributed by atoms with Crippen LogP contribution in [0, 0.1) is 0 Å². The third-order valence-corrected chi connectivity index (χ3v) is 5.83. The highest BCUT2D eigenvalue weighted by molar-refractivity contribution is 9.10. The largest absolute Gasteiger partial charge is 0.332 e. The van der Waals surface area contributed by atoms with E-state index in [4.69, 9.17) is 0 Å². The highest BCUT2D eigenvalue weighted by Gasteiger charge is 2.20. The Labute approximate surface area is 168 Å². The highest BCUT2D eigenvalue weighted by atomic mass is 79.9. The van der Waals surface area contributed by atoms with E-state index in [1.165, 1.54) is 23.4 Å². The minimum atomic E-state index is -0.430. The second-order valence-electron chi connectivity index (χ2n) is 6.17. The van der Waals surface area contributed by atoms with Gasteiger partial charge >= 0.3 is 5.69 Å². The van der Waals surface area contributed by atoms with E-state index in [1.54, 1.807) is 11.6 Å². The van der Waals surface area contributed by atoms with Crippen LogP contribution in [-0.2, 0) is 25.4 Å². The van der Waals surface area contributed by atoms with Crippen LogP contribution in [0.4, 0.5) is 0 Å². The third-order valence-electron chi connectivity index (χ3n) is 4.30. The lowest BCUT2D eigenvalue weighted by atomic mass is 10.2. The summed E-state index contributed by atoms with van der Waals surface area (Å²) in [6, 6.07) is 7.76. The van der Waals surface area contributed by atoms with Gasteiger partial charge in [-0.15, -0.1) is 0 Å². The number of halogens is 1. The molecule has 0 aliphatic heterocycles. The monoisotopic (exact) mass is 450 g/mol. The Morgan fingerprint density at radius 3 is 2.63 bits per heavy atom. The molecule has 142 valence electrons. The van der Waals surface area contributed by atoms with E-state index < -0.39 is 11.2 Å². The zero-order chi connectivity index (χ0) is 19.7. The topological polar surface area (TPSA) is 78.9 Å². The number of benzene rings is 1. The molecule has 0 fully saturated rings. The van der Waals surface area contributed by atoms with Crippen molar-refractivity contribution in [2.45, 2.75) is 25.0 Å². The molecular formula is C18H19BrN4O3S. The van der Waals surface area contributed by atoms with E-state index >= 15 is 0 Å². The van der Waals surface area contributed by atoms with Crippen molar-refractivity contribution < 1.29 is 4.79 Å². The van der Waals surface area contributed by atoms with Gasteiger partial charge in [-0.1, -0.05) is 46.7 Å². The number of rotatable bonds is 6. The standard InChI is InChI=1S/C18H19BrN4O3S/c1-4-13(24)10-27-17-20-15-14(16(25)22(3)18(26)21(15)2)23(17)9-11-6-5-7-12(19)8-11/h5-8H,4,9-10H2,1-3H3. The number of aryl methyl sites for hydroxylation is 1. The smallest absolute Gasteiger partial charge is 0.309 e. The van der Waals surface area contributed by atoms with E-state index in [2.05, 4.69) is 20.9 Å². The van der Waals surface area contributed by atoms with Crippen molar-refractivity contribution >= 4 is 44.6 Å². The molecule has 2 aromatic heterocycles. The quantitative estimate of drug-likeness (QED) is 0.538. The summed E-state index contributed by atoms with van der Waals surface area (Å²) in [5.41, 5.74) is 0.823. The summed E-state index contributed by atoms with van der Waals surface area (Å²) in [5, 5.41) is 0.546. The number of hydrogen-bond donors (Lipinski definition) is 0. The van der Waals surface area contributed by atoms with Crippen LogP contribution >= 0.6 is 27.7 Å². The first-order valence-electron chi connectivity index (χ1n) is 8.38. The molecule has 0 amide bonds. The predicted octanol–water partition coefficient (Wildman–Crippen LogP) is 2.32. The fourth-order valence-electron chi connectivity index (χ4n) is 2.75. The van der Waals surface area contributed by atoms with Gasteiger partial charge in [-0.3, -0.25) is 18.7 Å². The van der Waals surface area contributed by atoms with Gasteiger partial charge in [0.15, 0.2) is 16.3 Å². The number of imidazole rings is 1. The molecule has 3 rings (SSSR count). The molecule has 27 heavy (non-hydrogen) atoms. The summed E-state index contributed by atoms with van der Waals surface area (Å²) < 4.78 is 5.15. The van der Waals surface area contributed by atoms with Gasteiger partial charge in [0.05, 0.1) is 12.3 Å². The Morgan fingerprint density at radius 2 is 1.96 bits per heavy atom. The molecule has 7 nitrogen and oxygen atoms in total. The summed E-state index contributed by atoms with van der Waals surface area (Å²) in [4.78, 5) is 41.3. The number of fused-ring (bicyclic) bond motifs is 1. The lowest BCUT2D eigenvalue weighted by Gasteiger charge is -2.10. The van der Waals surface area contributed by atoms with Gasteiger partial charge < -0.3 is 4.57 Å². The maximum atomic E-state index is 12.8. The number of Topliss-reactive ketones (excluding diaryl/α,β-unsaturated/α-hetero) is 1. The number of carbonyl (C=O) groups is 1. The molecule has 0 bridgehead atoms. The summed E-state index contributed by atoms with van der Waals surface area (Å²) >= 11 is 4.74. The summed E-state index contributed by atoms with van der Waals surface area (Å²) in [6.07, 6.45) is 0.444. The van der Waals surface area contributed by atoms with Gasteiger partial charge in [-0.05, 0) is 17.7 Å². The van der Waals surface area contributed by atoms with Crippen LogP contribution in [0.25, 0.3) is 11.2 Å². The first kappa shape index (κ1) is 19.6. The maximum absolute atomic E-state index is 12.8. The second-order valence-corrected chi connectivity index (χ2v) is 8.03. The lowest BCUT2D eigenvalue weighted by Crippen LogP contribution is -2.37. The molecule has 0 spiro atoms. The van der Waals surface area contributed by atoms with Crippen LogP contribution in [0.15, 0.2) is 43.5 Å². The highest BCUT2D eigenvalue weighted by Crippen LogP contribution is 2.24. The number of carbonyl (C=O) groups excluding carboxylic acids is 1. The maximum Gasteiger partial charge on any atom is 0.332 e. The van der Waals surface area contributed by atoms with E-state index in [9.17, 15) is 14.4 Å². The van der Waals surface area contributed by atoms with Crippen LogP contribution in [0.2, 0.25) is 0 Å². The molecule has 0 N–H and O–H groups in total. The molecule has 0 radical (unpaired) electrons. The Hall–Kier alpha value is -2.13. The van der Waals surface area contributed by atoms with Gasteiger partial charge in [-0.2, -0.15) is 0 Å². The molecule has 0 saturated heterocycles. The number of hydrogen-bond acceptors (Lipinski definition) is 5. The van der Waals surface area contributed by atoms with E-state index in [1.807, 2.05) is 31.2 Å². The van der Waals surface area contributed by atoms with Crippen LogP contribution in [0.1, 0.15) is 18.9 Å². The van der Waals surface area contributed by atoms with Crippen molar-refractivity contribution in [2.75, 3.05) is 5.75 Å². The van der Waals surface area contributed by atoms with Crippen molar-refractivity contribution in [3.05, 3.63) is 55.1 Å². The van der Waals surface area contributed by atoms with Crippen molar-refractivity contribution in [2.24, 2.45) is 14.1 Å². The molecule has 2 heterocycles. The van der Waals surface area contributed by atoms with Crippen molar-refractivity contribution in [3.8, 4) is 0 Å². The molecule has 0 atom stereocenters. The van der Waals surface area contributed by atoms with Gasteiger partial charge in [0.25, 0.3) is 5.56 Å². The number of nitrogens with zero attached hydrogens (tertiary/aromatic N) is 4. The Bertz CT molecular complexity index is 1150. The summed E-state index contributed by atoms with van der Waals surface area (Å²) in [7, 11) is 3.04. The molecular weight excluding hydrogens is 432 g/mol. The van der Waals surface area contributed by atoms with Crippen molar-refractivity contribution in [3.63, 3.8) is 0 Å². The minimum absolute atomic E-state index is 0.0999. The Morgan fingerprint density at radius 1 is 1.22 bits per heavy atom. The number of aromatic nitrogens is 4. The van der Waals surface area contributed by atoms with Crippen molar-refractivity contribution in [1.29, 1.82) is 0 Å². The van der Waals surface area contributed by atoms with Crippen LogP contribution in [0.3, 0.4) is 0 Å². The second kappa shape index (κ2) is 7.85. The molecule has 0 saturated carbocycles. The van der Waals surface area contributed by atoms with Crippen LogP contribution in [0.5, 0.6) is 0 Å². The van der Waals surface area contributed by atoms with E-state index in [-0.39, 0.29) is 11.5 Å². The van der Waals surface area contributed by atoms with Gasteiger partial charge in [-0.25, -0.2) is 9.78 Å². The molecule has 3 aromatic rings. The lowest BCUT2D eigenvalue weighted by molar-refractivity contribution is -0.116. The van der Waals surface area contributed by atoms with Gasteiger partial charge in [0, 0.05) is 25.0 Å². The minimum Gasteiger partial charge on any atom is -0.309 e. The Balaban J connectivity index is 2.21. The zero-order valence-electron chi connectivity index (χ0n) is 15.2. The summed E-state index contributed by atoms with van der Waals surface area (Å²) in [5.74, 6) is 0.370. The molecule has 1 aromatic carbocycles. The van der Waals surface area contributed by atoms with Crippen LogP contribution in [-0.4, -0.2) is 30.2 Å². The van der Waals surface area contributed by atoms with Gasteiger partial charge in [0.1, 0.15) is 5.78 Å². The molecule has 0 aliphatic carbocycles. The van der Waals surface area contributed by atoms with Crippen molar-refractivity contribution in [1.82, 2.24) is 18.7 Å². The first-order valence-corrected chi connectivity index (χ1v) is 10.2. The number of thioether (sulfide) groups is 1. The third kappa shape index (κ3) is 3.79. The molecule has 0 unspecified atom stereocenters. The average Bonchev–Trinajstić information content (AvgIpc) is 3.01. The average molecular weight is 451 g/mol. The Kier molecular flexibility index (Phi) is 5.71.